The molecule has 0 aliphatic heterocycles. The fourth-order valence-corrected chi connectivity index (χ4v) is 2.40. The molecule has 1 rings (SSSR count). The molecule has 1 atom stereocenters. The Morgan fingerprint density at radius 3 is 2.89 bits per heavy atom. The first-order chi connectivity index (χ1) is 8.54. The maximum absolute atomic E-state index is 10.8. The van der Waals surface area contributed by atoms with Gasteiger partial charge in [-0.15, -0.1) is 0 Å². The van der Waals surface area contributed by atoms with E-state index in [0.29, 0.717) is 18.3 Å². The van der Waals surface area contributed by atoms with E-state index in [0.717, 1.165) is 23.5 Å². The van der Waals surface area contributed by atoms with Gasteiger partial charge in [0.2, 0.25) is 5.76 Å². The summed E-state index contributed by atoms with van der Waals surface area (Å²) in [6.45, 7) is 6.75. The summed E-state index contributed by atoms with van der Waals surface area (Å²) in [5, 5.41) is 12.2. The SMILES string of the molecule is CCSCCC(C)NCc1cc(C(=O)O)oc1C. The number of carbonyl (C=O) groups is 1. The highest BCUT2D eigenvalue weighted by Crippen LogP contribution is 2.15. The molecule has 1 heterocycles. The summed E-state index contributed by atoms with van der Waals surface area (Å²) in [5.74, 6) is 1.97. The van der Waals surface area contributed by atoms with Crippen LogP contribution in [0, 0.1) is 6.92 Å². The third-order valence-corrected chi connectivity index (χ3v) is 3.70. The molecule has 0 aromatic carbocycles. The van der Waals surface area contributed by atoms with E-state index in [9.17, 15) is 4.79 Å². The number of aryl methyl sites for hydroxylation is 1. The molecule has 0 aliphatic carbocycles. The normalized spacial score (nSPS) is 12.6. The topological polar surface area (TPSA) is 62.5 Å². The lowest BCUT2D eigenvalue weighted by molar-refractivity contribution is 0.0661. The Bertz CT molecular complexity index is 390. The van der Waals surface area contributed by atoms with Crippen LogP contribution in [0.25, 0.3) is 0 Å². The molecule has 0 radical (unpaired) electrons. The lowest BCUT2D eigenvalue weighted by Gasteiger charge is -2.12. The van der Waals surface area contributed by atoms with Crippen LogP contribution < -0.4 is 5.32 Å². The molecule has 102 valence electrons. The van der Waals surface area contributed by atoms with Crippen LogP contribution in [-0.4, -0.2) is 28.6 Å². The fourth-order valence-electron chi connectivity index (χ4n) is 1.59. The van der Waals surface area contributed by atoms with Crippen molar-refractivity contribution in [2.75, 3.05) is 11.5 Å². The average Bonchev–Trinajstić information content (AvgIpc) is 2.69. The number of aromatic carboxylic acids is 1. The molecule has 0 bridgehead atoms. The fraction of sp³-hybridized carbons (Fsp3) is 0.615. The number of rotatable bonds is 8. The van der Waals surface area contributed by atoms with Crippen molar-refractivity contribution < 1.29 is 14.3 Å². The van der Waals surface area contributed by atoms with E-state index in [-0.39, 0.29) is 5.76 Å². The third-order valence-electron chi connectivity index (χ3n) is 2.77. The standard InChI is InChI=1S/C13H21NO3S/c1-4-18-6-5-9(2)14-8-11-7-12(13(15)16)17-10(11)3/h7,9,14H,4-6,8H2,1-3H3,(H,15,16). The van der Waals surface area contributed by atoms with Gasteiger partial charge in [0.15, 0.2) is 0 Å². The van der Waals surface area contributed by atoms with Gasteiger partial charge >= 0.3 is 5.97 Å². The van der Waals surface area contributed by atoms with Crippen LogP contribution >= 0.6 is 11.8 Å². The molecule has 1 aromatic rings. The predicted octanol–water partition coefficient (Wildman–Crippen LogP) is 2.91. The van der Waals surface area contributed by atoms with Gasteiger partial charge in [-0.3, -0.25) is 0 Å². The Hall–Kier alpha value is -0.940. The minimum atomic E-state index is -1.02. The molecule has 1 aromatic heterocycles. The number of furan rings is 1. The van der Waals surface area contributed by atoms with Gasteiger partial charge in [-0.1, -0.05) is 6.92 Å². The summed E-state index contributed by atoms with van der Waals surface area (Å²) in [5.41, 5.74) is 0.919. The minimum Gasteiger partial charge on any atom is -0.475 e. The molecule has 0 spiro atoms. The molecule has 0 fully saturated rings. The molecule has 0 amide bonds. The van der Waals surface area contributed by atoms with Crippen LogP contribution in [0.2, 0.25) is 0 Å². The second-order valence-electron chi connectivity index (χ2n) is 4.26. The van der Waals surface area contributed by atoms with Crippen molar-refractivity contribution >= 4 is 17.7 Å². The lowest BCUT2D eigenvalue weighted by atomic mass is 10.2. The van der Waals surface area contributed by atoms with Crippen LogP contribution in [0.1, 0.15) is 42.1 Å². The van der Waals surface area contributed by atoms with Crippen LogP contribution in [0.3, 0.4) is 0 Å². The third kappa shape index (κ3) is 4.74. The number of thioether (sulfide) groups is 1. The Labute approximate surface area is 112 Å². The van der Waals surface area contributed by atoms with Crippen molar-refractivity contribution in [1.29, 1.82) is 0 Å². The van der Waals surface area contributed by atoms with Gasteiger partial charge in [-0.2, -0.15) is 11.8 Å². The number of nitrogens with one attached hydrogen (secondary N) is 1. The summed E-state index contributed by atoms with van der Waals surface area (Å²) < 4.78 is 5.16. The molecule has 2 N–H and O–H groups in total. The van der Waals surface area contributed by atoms with Gasteiger partial charge in [0.05, 0.1) is 0 Å². The molecule has 18 heavy (non-hydrogen) atoms. The molecule has 0 aliphatic rings. The largest absolute Gasteiger partial charge is 0.475 e. The van der Waals surface area contributed by atoms with Crippen LogP contribution in [-0.2, 0) is 6.54 Å². The highest BCUT2D eigenvalue weighted by Gasteiger charge is 2.13. The monoisotopic (exact) mass is 271 g/mol. The molecule has 5 heteroatoms. The first-order valence-electron chi connectivity index (χ1n) is 6.18. The highest BCUT2D eigenvalue weighted by atomic mass is 32.2. The number of hydrogen-bond donors (Lipinski definition) is 2. The van der Waals surface area contributed by atoms with Gasteiger partial charge in [-0.25, -0.2) is 4.79 Å². The molecule has 0 saturated carbocycles. The highest BCUT2D eigenvalue weighted by molar-refractivity contribution is 7.99. The summed E-state index contributed by atoms with van der Waals surface area (Å²) in [7, 11) is 0. The van der Waals surface area contributed by atoms with E-state index in [2.05, 4.69) is 19.2 Å². The summed E-state index contributed by atoms with van der Waals surface area (Å²) in [6.07, 6.45) is 1.11. The van der Waals surface area contributed by atoms with Crippen LogP contribution in [0.15, 0.2) is 10.5 Å². The van der Waals surface area contributed by atoms with E-state index in [1.165, 1.54) is 0 Å². The zero-order chi connectivity index (χ0) is 13.5. The molecule has 1 unspecified atom stereocenters. The van der Waals surface area contributed by atoms with Crippen molar-refractivity contribution in [3.8, 4) is 0 Å². The maximum Gasteiger partial charge on any atom is 0.371 e. The van der Waals surface area contributed by atoms with Crippen molar-refractivity contribution in [1.82, 2.24) is 5.32 Å². The average molecular weight is 271 g/mol. The van der Waals surface area contributed by atoms with E-state index in [1.54, 1.807) is 13.0 Å². The van der Waals surface area contributed by atoms with Gasteiger partial charge in [-0.05, 0) is 37.8 Å². The summed E-state index contributed by atoms with van der Waals surface area (Å²) >= 11 is 1.93. The van der Waals surface area contributed by atoms with E-state index in [4.69, 9.17) is 9.52 Å². The van der Waals surface area contributed by atoms with Crippen molar-refractivity contribution in [2.45, 2.75) is 39.8 Å². The predicted molar refractivity (Wildman–Crippen MR) is 74.3 cm³/mol. The zero-order valence-electron chi connectivity index (χ0n) is 11.2. The number of carboxylic acids is 1. The van der Waals surface area contributed by atoms with Gasteiger partial charge in [0, 0.05) is 18.2 Å². The summed E-state index contributed by atoms with van der Waals surface area (Å²) in [4.78, 5) is 10.8. The van der Waals surface area contributed by atoms with Crippen LogP contribution in [0.4, 0.5) is 0 Å². The quantitative estimate of drug-likeness (QED) is 0.712. The van der Waals surface area contributed by atoms with E-state index in [1.807, 2.05) is 11.8 Å². The Balaban J connectivity index is 2.40. The maximum atomic E-state index is 10.8. The van der Waals surface area contributed by atoms with Crippen molar-refractivity contribution in [2.24, 2.45) is 0 Å². The Kier molecular flexibility index (Phi) is 6.29. The second-order valence-corrected chi connectivity index (χ2v) is 5.66. The molecule has 4 nitrogen and oxygen atoms in total. The number of carboxylic acid groups (broad SMARTS) is 1. The number of hydrogen-bond acceptors (Lipinski definition) is 4. The minimum absolute atomic E-state index is 0.0125. The van der Waals surface area contributed by atoms with E-state index < -0.39 is 5.97 Å². The van der Waals surface area contributed by atoms with Gasteiger partial charge in [0.25, 0.3) is 0 Å². The van der Waals surface area contributed by atoms with Crippen molar-refractivity contribution in [3.05, 3.63) is 23.2 Å². The Morgan fingerprint density at radius 2 is 2.33 bits per heavy atom. The van der Waals surface area contributed by atoms with Gasteiger partial charge < -0.3 is 14.8 Å². The molecule has 0 saturated heterocycles. The lowest BCUT2D eigenvalue weighted by Crippen LogP contribution is -2.26. The van der Waals surface area contributed by atoms with Crippen molar-refractivity contribution in [3.63, 3.8) is 0 Å². The first kappa shape index (κ1) is 15.1. The second kappa shape index (κ2) is 7.48. The van der Waals surface area contributed by atoms with E-state index >= 15 is 0 Å². The summed E-state index contributed by atoms with van der Waals surface area (Å²) in [6, 6.07) is 2.02. The van der Waals surface area contributed by atoms with Crippen LogP contribution in [0.5, 0.6) is 0 Å². The van der Waals surface area contributed by atoms with Gasteiger partial charge in [0.1, 0.15) is 5.76 Å². The smallest absolute Gasteiger partial charge is 0.371 e. The molecular formula is C13H21NO3S. The first-order valence-corrected chi connectivity index (χ1v) is 7.33. The Morgan fingerprint density at radius 1 is 1.61 bits per heavy atom. The zero-order valence-corrected chi connectivity index (χ0v) is 12.0. The molecular weight excluding hydrogens is 250 g/mol.